The van der Waals surface area contributed by atoms with Crippen molar-refractivity contribution in [2.24, 2.45) is 0 Å². The first kappa shape index (κ1) is 11.0. The van der Waals surface area contributed by atoms with Gasteiger partial charge in [0.15, 0.2) is 10.7 Å². The first-order valence-electron chi connectivity index (χ1n) is 5.05. The molecule has 1 aromatic rings. The zero-order valence-electron chi connectivity index (χ0n) is 8.63. The highest BCUT2D eigenvalue weighted by Gasteiger charge is 2.01. The van der Waals surface area contributed by atoms with Crippen LogP contribution in [0.2, 0.25) is 0 Å². The summed E-state index contributed by atoms with van der Waals surface area (Å²) in [5.74, 6) is 1.46. The molecule has 0 amide bonds. The van der Waals surface area contributed by atoms with Crippen LogP contribution in [0.1, 0.15) is 12.8 Å². The quantitative estimate of drug-likeness (QED) is 0.819. The number of ether oxygens (including phenoxy) is 1. The Kier molecular flexibility index (Phi) is 3.41. The highest BCUT2D eigenvalue weighted by molar-refractivity contribution is 7.72. The predicted octanol–water partition coefficient (Wildman–Crippen LogP) is 2.27. The van der Waals surface area contributed by atoms with Crippen molar-refractivity contribution >= 4 is 10.7 Å². The lowest BCUT2D eigenvalue weighted by atomic mass is 10.2. The predicted molar refractivity (Wildman–Crippen MR) is 62.1 cm³/mol. The zero-order chi connectivity index (χ0) is 11.4. The second-order valence-corrected chi connectivity index (χ2v) is 4.47. The Morgan fingerprint density at radius 3 is 2.38 bits per heavy atom. The second kappa shape index (κ2) is 4.99. The SMILES string of the molecule is O=[SH](=O)c1ccc(OC2=CCCC=C2)cc1. The van der Waals surface area contributed by atoms with E-state index < -0.39 is 10.7 Å². The Labute approximate surface area is 96.0 Å². The van der Waals surface area contributed by atoms with Crippen molar-refractivity contribution < 1.29 is 13.2 Å². The van der Waals surface area contributed by atoms with E-state index >= 15 is 0 Å². The van der Waals surface area contributed by atoms with E-state index in [1.807, 2.05) is 12.2 Å². The number of allylic oxidation sites excluding steroid dienone is 3. The van der Waals surface area contributed by atoms with E-state index in [9.17, 15) is 8.42 Å². The molecule has 84 valence electrons. The minimum Gasteiger partial charge on any atom is -0.458 e. The van der Waals surface area contributed by atoms with Crippen LogP contribution in [0.5, 0.6) is 5.75 Å². The van der Waals surface area contributed by atoms with Crippen LogP contribution in [0.4, 0.5) is 0 Å². The van der Waals surface area contributed by atoms with Gasteiger partial charge in [-0.25, -0.2) is 8.42 Å². The van der Waals surface area contributed by atoms with Gasteiger partial charge in [0.1, 0.15) is 11.5 Å². The van der Waals surface area contributed by atoms with E-state index in [0.717, 1.165) is 18.6 Å². The summed E-state index contributed by atoms with van der Waals surface area (Å²) in [4.78, 5) is 0.301. The molecule has 0 saturated carbocycles. The molecule has 1 aliphatic carbocycles. The molecule has 2 rings (SSSR count). The van der Waals surface area contributed by atoms with Gasteiger partial charge in [-0.1, -0.05) is 6.08 Å². The summed E-state index contributed by atoms with van der Waals surface area (Å²) in [5, 5.41) is 0. The van der Waals surface area contributed by atoms with Gasteiger partial charge in [0, 0.05) is 0 Å². The number of thiol groups is 1. The molecule has 0 aromatic heterocycles. The molecule has 4 heteroatoms. The number of hydrogen-bond acceptors (Lipinski definition) is 3. The lowest BCUT2D eigenvalue weighted by Gasteiger charge is -2.09. The minimum atomic E-state index is -2.51. The topological polar surface area (TPSA) is 43.4 Å². The molecule has 1 aliphatic rings. The Morgan fingerprint density at radius 1 is 1.06 bits per heavy atom. The first-order valence-corrected chi connectivity index (χ1v) is 6.22. The van der Waals surface area contributed by atoms with Crippen LogP contribution in [-0.2, 0) is 10.7 Å². The van der Waals surface area contributed by atoms with E-state index in [1.54, 1.807) is 12.1 Å². The molecule has 0 bridgehead atoms. The molecule has 0 fully saturated rings. The fourth-order valence-electron chi connectivity index (χ4n) is 1.44. The Balaban J connectivity index is 2.10. The van der Waals surface area contributed by atoms with Crippen LogP contribution in [0, 0.1) is 0 Å². The highest BCUT2D eigenvalue weighted by Crippen LogP contribution is 2.18. The van der Waals surface area contributed by atoms with Crippen LogP contribution in [0.25, 0.3) is 0 Å². The minimum absolute atomic E-state index is 0.301. The summed E-state index contributed by atoms with van der Waals surface area (Å²) in [6.07, 6.45) is 8.02. The molecule has 0 saturated heterocycles. The van der Waals surface area contributed by atoms with Gasteiger partial charge < -0.3 is 4.74 Å². The van der Waals surface area contributed by atoms with Crippen molar-refractivity contribution in [3.05, 3.63) is 48.3 Å². The molecule has 3 nitrogen and oxygen atoms in total. The van der Waals surface area contributed by atoms with Crippen LogP contribution in [-0.4, -0.2) is 8.42 Å². The fourth-order valence-corrected chi connectivity index (χ4v) is 1.83. The van der Waals surface area contributed by atoms with Gasteiger partial charge in [0.25, 0.3) is 0 Å². The summed E-state index contributed by atoms with van der Waals surface area (Å²) in [6, 6.07) is 6.38. The maximum absolute atomic E-state index is 10.7. The van der Waals surface area contributed by atoms with Crippen molar-refractivity contribution in [3.63, 3.8) is 0 Å². The molecule has 0 heterocycles. The zero-order valence-corrected chi connectivity index (χ0v) is 9.52. The van der Waals surface area contributed by atoms with Gasteiger partial charge in [-0.05, 0) is 49.3 Å². The molecule has 0 atom stereocenters. The van der Waals surface area contributed by atoms with Gasteiger partial charge in [0.2, 0.25) is 0 Å². The van der Waals surface area contributed by atoms with Gasteiger partial charge >= 0.3 is 0 Å². The lowest BCUT2D eigenvalue weighted by molar-refractivity contribution is 0.439. The van der Waals surface area contributed by atoms with Crippen molar-refractivity contribution in [2.75, 3.05) is 0 Å². The van der Waals surface area contributed by atoms with Gasteiger partial charge in [-0.3, -0.25) is 0 Å². The number of benzene rings is 1. The smallest absolute Gasteiger partial charge is 0.168 e. The summed E-state index contributed by atoms with van der Waals surface area (Å²) >= 11 is 0. The fraction of sp³-hybridized carbons (Fsp3) is 0.167. The van der Waals surface area contributed by atoms with E-state index in [-0.39, 0.29) is 0 Å². The van der Waals surface area contributed by atoms with Crippen molar-refractivity contribution in [1.29, 1.82) is 0 Å². The molecule has 0 unspecified atom stereocenters. The summed E-state index contributed by atoms with van der Waals surface area (Å²) in [6.45, 7) is 0. The average molecular weight is 236 g/mol. The Hall–Kier alpha value is -1.55. The third-order valence-corrected chi connectivity index (χ3v) is 2.96. The molecule has 0 N–H and O–H groups in total. The van der Waals surface area contributed by atoms with Gasteiger partial charge in [-0.15, -0.1) is 0 Å². The van der Waals surface area contributed by atoms with Crippen molar-refractivity contribution in [1.82, 2.24) is 0 Å². The standard InChI is InChI=1S/C12H12O3S/c13-16(14)12-8-6-11(7-9-12)15-10-4-2-1-3-5-10/h2,4-9,16H,1,3H2. The van der Waals surface area contributed by atoms with Gasteiger partial charge in [-0.2, -0.15) is 0 Å². The highest BCUT2D eigenvalue weighted by atomic mass is 32.2. The number of hydrogen-bond donors (Lipinski definition) is 1. The largest absolute Gasteiger partial charge is 0.458 e. The van der Waals surface area contributed by atoms with E-state index in [2.05, 4.69) is 6.08 Å². The van der Waals surface area contributed by atoms with Crippen LogP contribution in [0.15, 0.2) is 53.1 Å². The average Bonchev–Trinajstić information content (AvgIpc) is 2.31. The van der Waals surface area contributed by atoms with Crippen LogP contribution in [0.3, 0.4) is 0 Å². The van der Waals surface area contributed by atoms with E-state index in [0.29, 0.717) is 10.6 Å². The first-order chi connectivity index (χ1) is 7.75. The van der Waals surface area contributed by atoms with Crippen LogP contribution >= 0.6 is 0 Å². The maximum Gasteiger partial charge on any atom is 0.168 e. The molecule has 16 heavy (non-hydrogen) atoms. The molecular weight excluding hydrogens is 224 g/mol. The third kappa shape index (κ3) is 2.73. The molecule has 1 aromatic carbocycles. The van der Waals surface area contributed by atoms with E-state index in [1.165, 1.54) is 12.1 Å². The second-order valence-electron chi connectivity index (χ2n) is 3.44. The monoisotopic (exact) mass is 236 g/mol. The lowest BCUT2D eigenvalue weighted by Crippen LogP contribution is -1.95. The maximum atomic E-state index is 10.7. The van der Waals surface area contributed by atoms with Crippen LogP contribution < -0.4 is 4.74 Å². The molecule has 0 radical (unpaired) electrons. The van der Waals surface area contributed by atoms with Crippen molar-refractivity contribution in [3.8, 4) is 5.75 Å². The third-order valence-electron chi connectivity index (χ3n) is 2.24. The summed E-state index contributed by atoms with van der Waals surface area (Å²) < 4.78 is 26.9. The van der Waals surface area contributed by atoms with E-state index in [4.69, 9.17) is 4.74 Å². The molecular formula is C12H12O3S. The Bertz CT molecular complexity index is 488. The van der Waals surface area contributed by atoms with Crippen molar-refractivity contribution in [2.45, 2.75) is 17.7 Å². The molecule has 0 aliphatic heterocycles. The summed E-state index contributed by atoms with van der Waals surface area (Å²) in [5.41, 5.74) is 0. The molecule has 0 spiro atoms. The van der Waals surface area contributed by atoms with Gasteiger partial charge in [0.05, 0.1) is 4.90 Å². The normalized spacial score (nSPS) is 14.9. The Morgan fingerprint density at radius 2 is 1.81 bits per heavy atom. The number of rotatable bonds is 3. The summed E-state index contributed by atoms with van der Waals surface area (Å²) in [7, 11) is -2.51.